The molecule has 244 valence electrons. The molecule has 5 aliphatic rings. The fourth-order valence-corrected chi connectivity index (χ4v) is 10.9. The van der Waals surface area contributed by atoms with Crippen molar-refractivity contribution in [1.82, 2.24) is 10.2 Å². The van der Waals surface area contributed by atoms with Gasteiger partial charge in [-0.05, 0) is 119 Å². The second-order valence-corrected chi connectivity index (χ2v) is 15.9. The van der Waals surface area contributed by atoms with Crippen LogP contribution in [0.2, 0.25) is 0 Å². The quantitative estimate of drug-likeness (QED) is 0.272. The number of aliphatic hydroxyl groups is 1. The number of rotatable bonds is 7. The number of fused-ring (bicyclic) bond motifs is 5. The molecule has 0 bridgehead atoms. The molecule has 1 saturated heterocycles. The van der Waals surface area contributed by atoms with Crippen molar-refractivity contribution < 1.29 is 14.7 Å². The lowest BCUT2D eigenvalue weighted by atomic mass is 9.46. The highest BCUT2D eigenvalue weighted by Gasteiger charge is 2.63. The summed E-state index contributed by atoms with van der Waals surface area (Å²) >= 11 is 0. The third-order valence-electron chi connectivity index (χ3n) is 13.9. The number of carbonyl (C=O) groups is 1. The van der Waals surface area contributed by atoms with Gasteiger partial charge in [0.15, 0.2) is 6.61 Å². The number of oxime groups is 1. The number of carbonyl (C=O) groups excluding carboxylic acids is 1. The van der Waals surface area contributed by atoms with E-state index in [4.69, 9.17) is 11.3 Å². The van der Waals surface area contributed by atoms with E-state index in [-0.39, 0.29) is 28.8 Å². The van der Waals surface area contributed by atoms with E-state index >= 15 is 0 Å². The van der Waals surface area contributed by atoms with E-state index in [2.05, 4.69) is 92.4 Å². The Morgan fingerprint density at radius 3 is 2.62 bits per heavy atom. The molecule has 6 rings (SSSR count). The number of amides is 1. The van der Waals surface area contributed by atoms with Gasteiger partial charge in [0.2, 0.25) is 0 Å². The molecule has 4 aliphatic carbocycles. The van der Waals surface area contributed by atoms with Gasteiger partial charge >= 0.3 is 0 Å². The van der Waals surface area contributed by atoms with Crippen LogP contribution in [0.3, 0.4) is 0 Å². The number of hydrogen-bond acceptors (Lipinski definition) is 5. The van der Waals surface area contributed by atoms with Gasteiger partial charge in [0.05, 0.1) is 5.71 Å². The molecule has 6 nitrogen and oxygen atoms in total. The normalized spacial score (nSPS) is 42.1. The van der Waals surface area contributed by atoms with Crippen LogP contribution in [-0.2, 0) is 15.0 Å². The topological polar surface area (TPSA) is 74.2 Å². The summed E-state index contributed by atoms with van der Waals surface area (Å²) in [5.74, 6) is 4.92. The summed E-state index contributed by atoms with van der Waals surface area (Å²) in [5.41, 5.74) is 2.90. The predicted octanol–water partition coefficient (Wildman–Crippen LogP) is 6.49. The van der Waals surface area contributed by atoms with Gasteiger partial charge in [0.25, 0.3) is 5.91 Å². The molecule has 6 heteroatoms. The minimum absolute atomic E-state index is 0.0404. The van der Waals surface area contributed by atoms with Gasteiger partial charge in [-0.2, -0.15) is 0 Å². The van der Waals surface area contributed by atoms with E-state index in [1.807, 2.05) is 0 Å². The molecule has 0 unspecified atom stereocenters. The Hall–Kier alpha value is -2.62. The summed E-state index contributed by atoms with van der Waals surface area (Å²) in [7, 11) is 2.21. The summed E-state index contributed by atoms with van der Waals surface area (Å²) in [6.07, 6.45) is 18.2. The van der Waals surface area contributed by atoms with E-state index in [1.165, 1.54) is 11.1 Å². The lowest BCUT2D eigenvalue weighted by molar-refractivity contribution is -0.125. The largest absolute Gasteiger partial charge is 0.385 e. The first kappa shape index (κ1) is 32.3. The van der Waals surface area contributed by atoms with E-state index in [1.54, 1.807) is 0 Å². The van der Waals surface area contributed by atoms with Gasteiger partial charge in [-0.1, -0.05) is 67.8 Å². The minimum Gasteiger partial charge on any atom is -0.385 e. The summed E-state index contributed by atoms with van der Waals surface area (Å²) < 4.78 is 0. The van der Waals surface area contributed by atoms with Crippen molar-refractivity contribution in [3.63, 3.8) is 0 Å². The van der Waals surface area contributed by atoms with Crippen LogP contribution in [0.5, 0.6) is 0 Å². The molecule has 45 heavy (non-hydrogen) atoms. The molecule has 1 aromatic carbocycles. The highest BCUT2D eigenvalue weighted by atomic mass is 16.6. The zero-order chi connectivity index (χ0) is 32.0. The lowest BCUT2D eigenvalue weighted by Crippen LogP contribution is -2.54. The van der Waals surface area contributed by atoms with E-state index in [9.17, 15) is 9.90 Å². The third kappa shape index (κ3) is 5.46. The van der Waals surface area contributed by atoms with Crippen molar-refractivity contribution in [3.05, 3.63) is 47.5 Å². The molecule has 0 spiro atoms. The monoisotopic (exact) mass is 613 g/mol. The standard InChI is InChI=1S/C39H55N3O3/c1-7-39(44)20-17-34-32-14-13-30-23-31(15-18-36(30,4)33(32)16-19-37(34,39)5)41-45-26-35(43)40-22-21-38(29-11-9-8-10-12-29)24-28(3)42(6)25-27(38)2/h1,8-12,23,27-28,32-34,44H,13-22,24-26H2,2-6H3,(H,40,43)/t27-,28+,32-,33+,34-,36-,37-,38-,39+/m1/s1. The number of nitrogens with one attached hydrogen (secondary N) is 1. The summed E-state index contributed by atoms with van der Waals surface area (Å²) in [5, 5.41) is 18.9. The maximum absolute atomic E-state index is 12.8. The first-order chi connectivity index (χ1) is 21.5. The molecule has 9 atom stereocenters. The molecule has 1 aliphatic heterocycles. The number of piperidine rings is 1. The minimum atomic E-state index is -0.955. The summed E-state index contributed by atoms with van der Waals surface area (Å²) in [6.45, 7) is 11.0. The molecule has 4 fully saturated rings. The van der Waals surface area contributed by atoms with E-state index < -0.39 is 5.60 Å². The van der Waals surface area contributed by atoms with Gasteiger partial charge in [0.1, 0.15) is 5.60 Å². The molecule has 0 aromatic heterocycles. The van der Waals surface area contributed by atoms with Crippen molar-refractivity contribution in [2.75, 3.05) is 26.7 Å². The Morgan fingerprint density at radius 1 is 1.11 bits per heavy atom. The SMILES string of the molecule is C#C[C@]1(O)CC[C@@H]2[C@@H]3CCC4=CC(=NOCC(=O)NCC[C@@]5(c6ccccc6)C[C@H](C)N(C)C[C@H]5C)CC[C@@]4(C)[C@H]3CC[C@]21C. The van der Waals surface area contributed by atoms with Crippen LogP contribution in [0, 0.1) is 46.8 Å². The fourth-order valence-electron chi connectivity index (χ4n) is 10.9. The van der Waals surface area contributed by atoms with Crippen molar-refractivity contribution in [2.24, 2.45) is 39.7 Å². The number of allylic oxidation sites excluding steroid dienone is 2. The van der Waals surface area contributed by atoms with E-state index in [0.29, 0.717) is 36.3 Å². The van der Waals surface area contributed by atoms with Crippen LogP contribution in [0.4, 0.5) is 0 Å². The summed E-state index contributed by atoms with van der Waals surface area (Å²) in [4.78, 5) is 20.9. The predicted molar refractivity (Wildman–Crippen MR) is 180 cm³/mol. The molecule has 1 aromatic rings. The second kappa shape index (κ2) is 12.2. The van der Waals surface area contributed by atoms with Crippen LogP contribution in [0.1, 0.15) is 97.5 Å². The van der Waals surface area contributed by atoms with Gasteiger partial charge in [-0.15, -0.1) is 6.42 Å². The molecule has 1 amide bonds. The highest BCUT2D eigenvalue weighted by Crippen LogP contribution is 2.67. The van der Waals surface area contributed by atoms with Crippen molar-refractivity contribution >= 4 is 11.6 Å². The molecule has 2 N–H and O–H groups in total. The third-order valence-corrected chi connectivity index (χ3v) is 13.9. The van der Waals surface area contributed by atoms with Crippen LogP contribution in [-0.4, -0.2) is 60.0 Å². The molecular weight excluding hydrogens is 558 g/mol. The maximum atomic E-state index is 12.8. The second-order valence-electron chi connectivity index (χ2n) is 15.9. The Kier molecular flexibility index (Phi) is 8.76. The Bertz CT molecular complexity index is 1370. The average Bonchev–Trinajstić information content (AvgIpc) is 3.31. The van der Waals surface area contributed by atoms with Crippen molar-refractivity contribution in [2.45, 2.75) is 109 Å². The molecule has 1 heterocycles. The van der Waals surface area contributed by atoms with Gasteiger partial charge in [0, 0.05) is 30.0 Å². The smallest absolute Gasteiger partial charge is 0.260 e. The van der Waals surface area contributed by atoms with Gasteiger partial charge < -0.3 is 20.2 Å². The Labute approximate surface area is 271 Å². The summed E-state index contributed by atoms with van der Waals surface area (Å²) in [6, 6.07) is 11.3. The Balaban J connectivity index is 1.04. The van der Waals surface area contributed by atoms with Crippen molar-refractivity contribution in [1.29, 1.82) is 0 Å². The number of likely N-dealkylation sites (tertiary alicyclic amines) is 1. The van der Waals surface area contributed by atoms with Gasteiger partial charge in [-0.3, -0.25) is 4.79 Å². The average molecular weight is 614 g/mol. The highest BCUT2D eigenvalue weighted by molar-refractivity contribution is 5.96. The number of benzene rings is 1. The zero-order valence-corrected chi connectivity index (χ0v) is 28.3. The van der Waals surface area contributed by atoms with Crippen LogP contribution in [0.15, 0.2) is 47.1 Å². The van der Waals surface area contributed by atoms with E-state index in [0.717, 1.165) is 76.5 Å². The number of nitrogens with zero attached hydrogens (tertiary/aromatic N) is 2. The number of terminal acetylenes is 1. The Morgan fingerprint density at radius 2 is 1.87 bits per heavy atom. The van der Waals surface area contributed by atoms with Crippen molar-refractivity contribution in [3.8, 4) is 12.3 Å². The fraction of sp³-hybridized carbons (Fsp3) is 0.692. The van der Waals surface area contributed by atoms with Crippen LogP contribution in [0.25, 0.3) is 0 Å². The molecule has 0 radical (unpaired) electrons. The first-order valence-electron chi connectivity index (χ1n) is 17.6. The van der Waals surface area contributed by atoms with Gasteiger partial charge in [-0.25, -0.2) is 0 Å². The lowest BCUT2D eigenvalue weighted by Gasteiger charge is -2.58. The van der Waals surface area contributed by atoms with Crippen LogP contribution < -0.4 is 5.32 Å². The van der Waals surface area contributed by atoms with Crippen LogP contribution >= 0.6 is 0 Å². The number of hydrogen-bond donors (Lipinski definition) is 2. The maximum Gasteiger partial charge on any atom is 0.260 e. The molecular formula is C39H55N3O3. The first-order valence-corrected chi connectivity index (χ1v) is 17.6. The zero-order valence-electron chi connectivity index (χ0n) is 28.3. The molecule has 3 saturated carbocycles.